The molecular weight excluding hydrogens is 170 g/mol. The average molecular weight is 181 g/mol. The largest absolute Gasteiger partial charge is 0.477 e. The van der Waals surface area contributed by atoms with Crippen LogP contribution in [0, 0.1) is 6.92 Å². The van der Waals surface area contributed by atoms with Crippen LogP contribution in [0.5, 0.6) is 0 Å². The molecule has 0 saturated carbocycles. The second-order valence-corrected chi connectivity index (χ2v) is 2.77. The van der Waals surface area contributed by atoms with Crippen LogP contribution in [0.1, 0.15) is 22.8 Å². The molecule has 0 amide bonds. The summed E-state index contributed by atoms with van der Waals surface area (Å²) in [4.78, 5) is 22.1. The molecule has 0 bridgehead atoms. The SMILES string of the molecule is CCn1ccc(C)c(C(=O)O)c1=O. The highest BCUT2D eigenvalue weighted by atomic mass is 16.4. The van der Waals surface area contributed by atoms with Crippen molar-refractivity contribution in [3.8, 4) is 0 Å². The Morgan fingerprint density at radius 2 is 2.23 bits per heavy atom. The van der Waals surface area contributed by atoms with E-state index in [1.165, 1.54) is 4.57 Å². The molecule has 13 heavy (non-hydrogen) atoms. The first-order valence-corrected chi connectivity index (χ1v) is 4.01. The Bertz CT molecular complexity index is 392. The van der Waals surface area contributed by atoms with Gasteiger partial charge < -0.3 is 9.67 Å². The molecule has 70 valence electrons. The molecule has 0 aromatic carbocycles. The predicted octanol–water partition coefficient (Wildman–Crippen LogP) is 0.875. The Hall–Kier alpha value is -1.58. The van der Waals surface area contributed by atoms with Crippen LogP contribution in [0.4, 0.5) is 0 Å². The van der Waals surface area contributed by atoms with Crippen molar-refractivity contribution in [3.05, 3.63) is 33.7 Å². The number of aryl methyl sites for hydroxylation is 2. The van der Waals surface area contributed by atoms with E-state index in [2.05, 4.69) is 0 Å². The molecule has 1 aromatic rings. The van der Waals surface area contributed by atoms with Crippen LogP contribution in [0.2, 0.25) is 0 Å². The lowest BCUT2D eigenvalue weighted by Crippen LogP contribution is -2.26. The molecule has 1 N–H and O–H groups in total. The summed E-state index contributed by atoms with van der Waals surface area (Å²) in [5, 5.41) is 8.75. The fraction of sp³-hybridized carbons (Fsp3) is 0.333. The molecule has 0 aliphatic rings. The summed E-state index contributed by atoms with van der Waals surface area (Å²) in [6, 6.07) is 1.63. The zero-order chi connectivity index (χ0) is 10.0. The van der Waals surface area contributed by atoms with E-state index in [0.717, 1.165) is 0 Å². The fourth-order valence-corrected chi connectivity index (χ4v) is 1.17. The summed E-state index contributed by atoms with van der Waals surface area (Å²) in [5.74, 6) is -1.16. The number of carboxylic acid groups (broad SMARTS) is 1. The molecule has 1 rings (SSSR count). The number of aromatic carboxylic acids is 1. The highest BCUT2D eigenvalue weighted by Crippen LogP contribution is 2.01. The van der Waals surface area contributed by atoms with E-state index in [9.17, 15) is 9.59 Å². The number of aromatic nitrogens is 1. The van der Waals surface area contributed by atoms with Crippen molar-refractivity contribution in [1.82, 2.24) is 4.57 Å². The highest BCUT2D eigenvalue weighted by Gasteiger charge is 2.13. The summed E-state index contributed by atoms with van der Waals surface area (Å²) in [6.07, 6.45) is 1.60. The van der Waals surface area contributed by atoms with Gasteiger partial charge in [0.05, 0.1) is 0 Å². The number of nitrogens with zero attached hydrogens (tertiary/aromatic N) is 1. The second kappa shape index (κ2) is 3.43. The fourth-order valence-electron chi connectivity index (χ4n) is 1.17. The monoisotopic (exact) mass is 181 g/mol. The molecule has 1 heterocycles. The Morgan fingerprint density at radius 3 is 2.69 bits per heavy atom. The smallest absolute Gasteiger partial charge is 0.341 e. The number of carbonyl (C=O) groups is 1. The Balaban J connectivity index is 3.48. The summed E-state index contributed by atoms with van der Waals surface area (Å²) in [5.41, 5.74) is -0.0680. The van der Waals surface area contributed by atoms with E-state index < -0.39 is 11.5 Å². The van der Waals surface area contributed by atoms with Gasteiger partial charge in [0.2, 0.25) is 0 Å². The average Bonchev–Trinajstić information content (AvgIpc) is 2.04. The molecule has 0 fully saturated rings. The van der Waals surface area contributed by atoms with E-state index in [4.69, 9.17) is 5.11 Å². The van der Waals surface area contributed by atoms with Crippen molar-refractivity contribution in [1.29, 1.82) is 0 Å². The number of carboxylic acids is 1. The van der Waals surface area contributed by atoms with Crippen molar-refractivity contribution in [3.63, 3.8) is 0 Å². The van der Waals surface area contributed by atoms with Crippen LogP contribution in [0.15, 0.2) is 17.1 Å². The molecule has 0 radical (unpaired) electrons. The summed E-state index contributed by atoms with van der Waals surface area (Å²) in [7, 11) is 0. The maximum absolute atomic E-state index is 11.4. The van der Waals surface area contributed by atoms with E-state index >= 15 is 0 Å². The van der Waals surface area contributed by atoms with Gasteiger partial charge in [-0.3, -0.25) is 4.79 Å². The van der Waals surface area contributed by atoms with Crippen molar-refractivity contribution in [2.24, 2.45) is 0 Å². The van der Waals surface area contributed by atoms with E-state index in [1.807, 2.05) is 0 Å². The third-order valence-corrected chi connectivity index (χ3v) is 1.93. The third-order valence-electron chi connectivity index (χ3n) is 1.93. The zero-order valence-corrected chi connectivity index (χ0v) is 7.57. The quantitative estimate of drug-likeness (QED) is 0.736. The first kappa shape index (κ1) is 9.51. The molecule has 4 nitrogen and oxygen atoms in total. The van der Waals surface area contributed by atoms with Crippen LogP contribution in [0.3, 0.4) is 0 Å². The maximum atomic E-state index is 11.4. The summed E-state index contributed by atoms with van der Waals surface area (Å²) < 4.78 is 1.37. The lowest BCUT2D eigenvalue weighted by Gasteiger charge is -2.04. The molecular formula is C9H11NO3. The molecule has 4 heteroatoms. The lowest BCUT2D eigenvalue weighted by molar-refractivity contribution is 0.0693. The Kier molecular flexibility index (Phi) is 2.51. The van der Waals surface area contributed by atoms with Crippen LogP contribution >= 0.6 is 0 Å². The van der Waals surface area contributed by atoms with Crippen LogP contribution in [-0.4, -0.2) is 15.6 Å². The van der Waals surface area contributed by atoms with Gasteiger partial charge in [-0.25, -0.2) is 4.79 Å². The van der Waals surface area contributed by atoms with Crippen LogP contribution in [0.25, 0.3) is 0 Å². The standard InChI is InChI=1S/C9H11NO3/c1-3-10-5-4-6(2)7(8(10)11)9(12)13/h4-5H,3H2,1-2H3,(H,12,13). The molecule has 0 aliphatic heterocycles. The highest BCUT2D eigenvalue weighted by molar-refractivity contribution is 5.88. The third kappa shape index (κ3) is 1.61. The minimum absolute atomic E-state index is 0.135. The van der Waals surface area contributed by atoms with Crippen molar-refractivity contribution < 1.29 is 9.90 Å². The topological polar surface area (TPSA) is 59.3 Å². The van der Waals surface area contributed by atoms with Gasteiger partial charge in [0.15, 0.2) is 0 Å². The summed E-state index contributed by atoms with van der Waals surface area (Å²) >= 11 is 0. The molecule has 0 aliphatic carbocycles. The van der Waals surface area contributed by atoms with Crippen molar-refractivity contribution in [2.75, 3.05) is 0 Å². The minimum Gasteiger partial charge on any atom is -0.477 e. The summed E-state index contributed by atoms with van der Waals surface area (Å²) in [6.45, 7) is 3.90. The number of pyridine rings is 1. The van der Waals surface area contributed by atoms with Gasteiger partial charge in [-0.2, -0.15) is 0 Å². The van der Waals surface area contributed by atoms with Crippen LogP contribution < -0.4 is 5.56 Å². The molecule has 0 spiro atoms. The molecule has 1 aromatic heterocycles. The molecule has 0 unspecified atom stereocenters. The molecule has 0 atom stereocenters. The minimum atomic E-state index is -1.16. The Labute approximate surface area is 75.4 Å². The van der Waals surface area contributed by atoms with Crippen molar-refractivity contribution >= 4 is 5.97 Å². The first-order chi connectivity index (χ1) is 6.07. The van der Waals surface area contributed by atoms with Gasteiger partial charge >= 0.3 is 5.97 Å². The van der Waals surface area contributed by atoms with Gasteiger partial charge in [0.25, 0.3) is 5.56 Å². The van der Waals surface area contributed by atoms with E-state index in [1.54, 1.807) is 26.1 Å². The zero-order valence-electron chi connectivity index (χ0n) is 7.57. The van der Waals surface area contributed by atoms with Gasteiger partial charge in [-0.05, 0) is 25.5 Å². The predicted molar refractivity (Wildman–Crippen MR) is 48.1 cm³/mol. The van der Waals surface area contributed by atoms with Gasteiger partial charge in [-0.15, -0.1) is 0 Å². The van der Waals surface area contributed by atoms with Crippen LogP contribution in [-0.2, 0) is 6.54 Å². The Morgan fingerprint density at radius 1 is 1.62 bits per heavy atom. The lowest BCUT2D eigenvalue weighted by atomic mass is 10.1. The van der Waals surface area contributed by atoms with Crippen molar-refractivity contribution in [2.45, 2.75) is 20.4 Å². The maximum Gasteiger partial charge on any atom is 0.341 e. The number of rotatable bonds is 2. The second-order valence-electron chi connectivity index (χ2n) is 2.77. The van der Waals surface area contributed by atoms with Gasteiger partial charge in [0.1, 0.15) is 5.56 Å². The normalized spacial score (nSPS) is 10.0. The van der Waals surface area contributed by atoms with Gasteiger partial charge in [0, 0.05) is 12.7 Å². The number of hydrogen-bond acceptors (Lipinski definition) is 2. The van der Waals surface area contributed by atoms with E-state index in [-0.39, 0.29) is 5.56 Å². The van der Waals surface area contributed by atoms with E-state index in [0.29, 0.717) is 12.1 Å². The number of hydrogen-bond donors (Lipinski definition) is 1. The molecule has 0 saturated heterocycles. The van der Waals surface area contributed by atoms with Gasteiger partial charge in [-0.1, -0.05) is 0 Å². The first-order valence-electron chi connectivity index (χ1n) is 4.01.